The van der Waals surface area contributed by atoms with Gasteiger partial charge in [-0.05, 0) is 185 Å². The largest absolute Gasteiger partial charge is 0.457 e. The molecule has 10 aromatic carbocycles. The molecule has 11 rings (SSSR count). The number of hydrogen-bond donors (Lipinski definition) is 2. The van der Waals surface area contributed by atoms with Crippen LogP contribution in [-0.4, -0.2) is 35.1 Å². The Hall–Kier alpha value is -8.16. The highest BCUT2D eigenvalue weighted by atomic mass is 32.2. The van der Waals surface area contributed by atoms with Crippen LogP contribution in [0.1, 0.15) is 44.5 Å². The van der Waals surface area contributed by atoms with E-state index in [1.807, 2.05) is 74.5 Å². The van der Waals surface area contributed by atoms with Gasteiger partial charge in [0, 0.05) is 10.5 Å². The summed E-state index contributed by atoms with van der Waals surface area (Å²) in [6, 6.07) is 68.0. The Kier molecular flexibility index (Phi) is 14.7. The van der Waals surface area contributed by atoms with E-state index < -0.39 is 35.2 Å². The number of rotatable bonds is 17. The Balaban J connectivity index is 0.802. The van der Waals surface area contributed by atoms with Crippen LogP contribution in [0.3, 0.4) is 0 Å². The van der Waals surface area contributed by atoms with E-state index in [2.05, 4.69) is 45.8 Å². The molecule has 0 saturated carbocycles. The molecule has 0 unspecified atom stereocenters. The van der Waals surface area contributed by atoms with Gasteiger partial charge in [0.2, 0.25) is 19.7 Å². The normalized spacial score (nSPS) is 12.8. The average molecular weight is 1140 g/mol. The van der Waals surface area contributed by atoms with Crippen molar-refractivity contribution in [3.63, 3.8) is 0 Å². The van der Waals surface area contributed by atoms with Crippen molar-refractivity contribution in [2.45, 2.75) is 55.1 Å². The summed E-state index contributed by atoms with van der Waals surface area (Å²) < 4.78 is 107. The Morgan fingerprint density at radius 2 is 0.825 bits per heavy atom. The van der Waals surface area contributed by atoms with Crippen LogP contribution in [0.25, 0.3) is 22.3 Å². The van der Waals surface area contributed by atoms with E-state index in [4.69, 9.17) is 14.7 Å². The summed E-state index contributed by atoms with van der Waals surface area (Å²) in [7, 11) is -12.4. The van der Waals surface area contributed by atoms with Crippen molar-refractivity contribution in [2.24, 2.45) is 0 Å². The number of benzene rings is 10. The zero-order chi connectivity index (χ0) is 55.8. The molecule has 0 amide bonds. The van der Waals surface area contributed by atoms with E-state index in [-0.39, 0.29) is 36.5 Å². The van der Waals surface area contributed by atoms with Crippen LogP contribution >= 0.6 is 12.0 Å². The van der Waals surface area contributed by atoms with Gasteiger partial charge in [-0.1, -0.05) is 132 Å². The van der Waals surface area contributed by atoms with E-state index >= 15 is 0 Å². The molecule has 0 saturated heterocycles. The number of hydrogen-bond acceptors (Lipinski definition) is 12. The second-order valence-electron chi connectivity index (χ2n) is 19.2. The van der Waals surface area contributed by atoms with Crippen molar-refractivity contribution < 1.29 is 53.9 Å². The minimum atomic E-state index is -4.71. The standard InChI is InChI=1S/C64H48O12S4/c1-42-11-29-52(30-12-42)78(66,67)54-33-25-50(26-34-54)73-48-21-17-46(18-22-48)64(60-9-5-3-7-56(60)57-8-4-6-10-61(57)64)47-19-23-49(24-20-47)74-51-27-35-55(36-28-51)79(68,69)53-31-14-44(15-32-53)40-45-16-38-59(63(41-45)80(70,71)72)58-37-13-43(2)39-62(58)77-76-75-65/h3-39,41,65H,40H2,1-2H3,(H,70,71,72). The van der Waals surface area contributed by atoms with Crippen molar-refractivity contribution in [3.8, 4) is 45.3 Å². The van der Waals surface area contributed by atoms with Crippen LogP contribution in [0.2, 0.25) is 0 Å². The predicted molar refractivity (Wildman–Crippen MR) is 305 cm³/mol. The lowest BCUT2D eigenvalue weighted by Gasteiger charge is -2.34. The van der Waals surface area contributed by atoms with Gasteiger partial charge in [-0.15, -0.1) is 4.33 Å². The maximum absolute atomic E-state index is 13.9. The van der Waals surface area contributed by atoms with E-state index in [1.54, 1.807) is 103 Å². The number of aryl methyl sites for hydroxylation is 2. The summed E-state index contributed by atoms with van der Waals surface area (Å²) in [5.74, 6) is 2.03. The molecule has 0 fully saturated rings. The fraction of sp³-hybridized carbons (Fsp3) is 0.0625. The molecule has 0 atom stereocenters. The van der Waals surface area contributed by atoms with Crippen molar-refractivity contribution in [1.82, 2.24) is 0 Å². The van der Waals surface area contributed by atoms with Crippen LogP contribution in [0.15, 0.2) is 260 Å². The van der Waals surface area contributed by atoms with Crippen molar-refractivity contribution in [2.75, 3.05) is 0 Å². The summed E-state index contributed by atoms with van der Waals surface area (Å²) in [5, 5.41) is 12.5. The summed E-state index contributed by atoms with van der Waals surface area (Å²) >= 11 is 0.670. The topological polar surface area (TPSA) is 180 Å². The van der Waals surface area contributed by atoms with Gasteiger partial charge in [-0.25, -0.2) is 22.1 Å². The molecule has 2 N–H and O–H groups in total. The smallest absolute Gasteiger partial charge is 0.295 e. The molecule has 16 heteroatoms. The SMILES string of the molecule is Cc1ccc(S(=O)(=O)c2ccc(Oc3ccc(C4(c5ccc(Oc6ccc(S(=O)(=O)c7ccc(Cc8ccc(-c9ccc(C)cc9SOOO)c(S(=O)(=O)O)c8)cc7)cc6)cc5)c5ccccc5-c5ccccc54)cc3)cc2)cc1. The maximum Gasteiger partial charge on any atom is 0.295 e. The summed E-state index contributed by atoms with van der Waals surface area (Å²) in [6.45, 7) is 3.73. The zero-order valence-corrected chi connectivity index (χ0v) is 46.0. The van der Waals surface area contributed by atoms with Crippen molar-refractivity contribution >= 4 is 41.8 Å². The molecule has 1 aliphatic rings. The fourth-order valence-corrected chi connectivity index (χ4v) is 14.2. The van der Waals surface area contributed by atoms with E-state index in [9.17, 15) is 29.8 Å². The molecular weight excluding hydrogens is 1090 g/mol. The lowest BCUT2D eigenvalue weighted by molar-refractivity contribution is -0.432. The molecule has 0 heterocycles. The third kappa shape index (κ3) is 10.5. The lowest BCUT2D eigenvalue weighted by atomic mass is 9.68. The Labute approximate surface area is 468 Å². The molecule has 12 nitrogen and oxygen atoms in total. The average Bonchev–Trinajstić information content (AvgIpc) is 4.02. The second-order valence-corrected chi connectivity index (χ2v) is 25.2. The highest BCUT2D eigenvalue weighted by molar-refractivity contribution is 7.94. The highest BCUT2D eigenvalue weighted by Gasteiger charge is 2.46. The zero-order valence-electron chi connectivity index (χ0n) is 42.8. The molecule has 0 aliphatic heterocycles. The third-order valence-electron chi connectivity index (χ3n) is 14.1. The first-order valence-corrected chi connectivity index (χ1v) is 30.2. The second kappa shape index (κ2) is 21.8. The molecule has 0 radical (unpaired) electrons. The van der Waals surface area contributed by atoms with E-state index in [0.29, 0.717) is 56.6 Å². The van der Waals surface area contributed by atoms with E-state index in [1.165, 1.54) is 30.3 Å². The van der Waals surface area contributed by atoms with Crippen LogP contribution in [0, 0.1) is 13.8 Å². The summed E-state index contributed by atoms with van der Waals surface area (Å²) in [4.78, 5) is 0.610. The highest BCUT2D eigenvalue weighted by Crippen LogP contribution is 2.56. The van der Waals surface area contributed by atoms with Crippen LogP contribution < -0.4 is 9.47 Å². The fourth-order valence-electron chi connectivity index (χ4n) is 10.3. The minimum absolute atomic E-state index is 0.0584. The first-order chi connectivity index (χ1) is 38.5. The Morgan fingerprint density at radius 3 is 1.29 bits per heavy atom. The Bertz CT molecular complexity index is 4240. The first kappa shape index (κ1) is 53.8. The maximum atomic E-state index is 13.9. The molecule has 10 aromatic rings. The number of ether oxygens (including phenoxy) is 2. The van der Waals surface area contributed by atoms with Gasteiger partial charge >= 0.3 is 0 Å². The van der Waals surface area contributed by atoms with Crippen LogP contribution in [-0.2, 0) is 51.0 Å². The molecule has 400 valence electrons. The van der Waals surface area contributed by atoms with Gasteiger partial charge in [-0.2, -0.15) is 8.42 Å². The van der Waals surface area contributed by atoms with Gasteiger partial charge in [0.1, 0.15) is 27.9 Å². The lowest BCUT2D eigenvalue weighted by Crippen LogP contribution is -2.28. The van der Waals surface area contributed by atoms with Crippen molar-refractivity contribution in [3.05, 3.63) is 275 Å². The van der Waals surface area contributed by atoms with Gasteiger partial charge in [-0.3, -0.25) is 4.55 Å². The van der Waals surface area contributed by atoms with Gasteiger partial charge in [0.25, 0.3) is 10.1 Å². The molecular formula is C64H48O12S4. The molecule has 1 aliphatic carbocycles. The monoisotopic (exact) mass is 1140 g/mol. The Morgan fingerprint density at radius 1 is 0.425 bits per heavy atom. The number of sulfone groups is 2. The van der Waals surface area contributed by atoms with Gasteiger partial charge in [0.05, 0.1) is 37.0 Å². The molecule has 0 aromatic heterocycles. The molecule has 80 heavy (non-hydrogen) atoms. The van der Waals surface area contributed by atoms with Gasteiger partial charge < -0.3 is 9.47 Å². The quantitative estimate of drug-likeness (QED) is 0.0381. The first-order valence-electron chi connectivity index (χ1n) is 25.0. The predicted octanol–water partition coefficient (Wildman–Crippen LogP) is 14.8. The third-order valence-corrected chi connectivity index (χ3v) is 19.3. The number of fused-ring (bicyclic) bond motifs is 3. The summed E-state index contributed by atoms with van der Waals surface area (Å²) in [5.41, 5.74) is 9.36. The van der Waals surface area contributed by atoms with E-state index in [0.717, 1.165) is 44.5 Å². The minimum Gasteiger partial charge on any atom is -0.457 e. The molecule has 0 spiro atoms. The van der Waals surface area contributed by atoms with Crippen molar-refractivity contribution in [1.29, 1.82) is 0 Å². The van der Waals surface area contributed by atoms with Gasteiger partial charge in [0.15, 0.2) is 0 Å². The van der Waals surface area contributed by atoms with Crippen LogP contribution in [0.4, 0.5) is 0 Å². The summed E-state index contributed by atoms with van der Waals surface area (Å²) in [6.07, 6.45) is 0.225. The molecule has 0 bridgehead atoms. The van der Waals surface area contributed by atoms with Crippen LogP contribution in [0.5, 0.6) is 23.0 Å².